The molecular weight excluding hydrogens is 567 g/mol. The van der Waals surface area contributed by atoms with E-state index >= 15 is 0 Å². The summed E-state index contributed by atoms with van der Waals surface area (Å²) in [5.74, 6) is -0.233. The Morgan fingerprint density at radius 1 is 1.02 bits per heavy atom. The third-order valence-electron chi connectivity index (χ3n) is 8.44. The lowest BCUT2D eigenvalue weighted by Crippen LogP contribution is -2.31. The Labute approximate surface area is 247 Å². The van der Waals surface area contributed by atoms with Crippen LogP contribution in [-0.4, -0.2) is 27.6 Å². The van der Waals surface area contributed by atoms with Crippen LogP contribution in [0.5, 0.6) is 0 Å². The normalized spacial score (nSPS) is 25.9. The molecule has 0 saturated heterocycles. The average Bonchev–Trinajstić information content (AvgIpc) is 3.29. The van der Waals surface area contributed by atoms with Crippen LogP contribution in [0.2, 0.25) is 5.02 Å². The number of ether oxygens (including phenoxy) is 1. The van der Waals surface area contributed by atoms with Crippen molar-refractivity contribution < 1.29 is 14.5 Å². The van der Waals surface area contributed by atoms with E-state index in [0.717, 1.165) is 48.9 Å². The van der Waals surface area contributed by atoms with E-state index in [2.05, 4.69) is 5.32 Å². The summed E-state index contributed by atoms with van der Waals surface area (Å²) in [5.41, 5.74) is 3.67. The molecule has 40 heavy (non-hydrogen) atoms. The Kier molecular flexibility index (Phi) is 7.98. The zero-order valence-electron chi connectivity index (χ0n) is 21.8. The molecule has 0 radical (unpaired) electrons. The monoisotopic (exact) mass is 596 g/mol. The first-order chi connectivity index (χ1) is 19.4. The number of esters is 1. The van der Waals surface area contributed by atoms with Gasteiger partial charge in [-0.05, 0) is 85.5 Å². The van der Waals surface area contributed by atoms with Crippen LogP contribution in [0.4, 0.5) is 11.4 Å². The minimum Gasteiger partial charge on any atom is -0.459 e. The van der Waals surface area contributed by atoms with E-state index in [-0.39, 0.29) is 51.2 Å². The minimum atomic E-state index is -0.342. The number of nitro benzene ring substituents is 1. The molecule has 1 heterocycles. The van der Waals surface area contributed by atoms with E-state index in [4.69, 9.17) is 27.9 Å². The Hall–Kier alpha value is -2.74. The van der Waals surface area contributed by atoms with E-state index in [1.165, 1.54) is 24.2 Å². The first-order valence-electron chi connectivity index (χ1n) is 13.8. The molecule has 5 unspecified atom stereocenters. The number of hydrogen-bond donors (Lipinski definition) is 1. The van der Waals surface area contributed by atoms with E-state index in [0.29, 0.717) is 15.5 Å². The predicted molar refractivity (Wildman–Crippen MR) is 160 cm³/mol. The van der Waals surface area contributed by atoms with Crippen molar-refractivity contribution in [2.24, 2.45) is 5.92 Å². The topological polar surface area (TPSA) is 81.5 Å². The lowest BCUT2D eigenvalue weighted by molar-refractivity contribution is -0.387. The quantitative estimate of drug-likeness (QED) is 0.132. The summed E-state index contributed by atoms with van der Waals surface area (Å²) in [7, 11) is 0. The number of alkyl halides is 1. The van der Waals surface area contributed by atoms with Gasteiger partial charge in [0.25, 0.3) is 5.69 Å². The predicted octanol–water partition coefficient (Wildman–Crippen LogP) is 8.78. The maximum Gasteiger partial charge on any atom is 0.338 e. The second-order valence-electron chi connectivity index (χ2n) is 10.9. The molecule has 0 amide bonds. The van der Waals surface area contributed by atoms with Gasteiger partial charge >= 0.3 is 5.97 Å². The van der Waals surface area contributed by atoms with Gasteiger partial charge in [-0.3, -0.25) is 10.1 Å². The molecule has 0 bridgehead atoms. The highest BCUT2D eigenvalue weighted by molar-refractivity contribution is 8.00. The number of carbonyl (C=O) groups is 1. The van der Waals surface area contributed by atoms with Gasteiger partial charge in [-0.2, -0.15) is 0 Å². The van der Waals surface area contributed by atoms with E-state index in [1.807, 2.05) is 48.5 Å². The van der Waals surface area contributed by atoms with Crippen molar-refractivity contribution in [3.63, 3.8) is 0 Å². The Morgan fingerprint density at radius 2 is 1.77 bits per heavy atom. The third-order valence-corrected chi connectivity index (χ3v) is 10.8. The zero-order chi connectivity index (χ0) is 27.8. The second-order valence-corrected chi connectivity index (χ2v) is 13.1. The first-order valence-corrected chi connectivity index (χ1v) is 15.5. The van der Waals surface area contributed by atoms with Gasteiger partial charge in [0.2, 0.25) is 0 Å². The fraction of sp³-hybridized carbons (Fsp3) is 0.387. The van der Waals surface area contributed by atoms with Crippen molar-refractivity contribution in [1.29, 1.82) is 0 Å². The summed E-state index contributed by atoms with van der Waals surface area (Å²) < 4.78 is 5.87. The number of nitrogens with one attached hydrogen (secondary N) is 1. The molecule has 3 aliphatic rings. The molecule has 1 N–H and O–H groups in total. The van der Waals surface area contributed by atoms with Crippen molar-refractivity contribution >= 4 is 52.3 Å². The van der Waals surface area contributed by atoms with Crippen LogP contribution in [0.15, 0.2) is 71.6 Å². The molecule has 6 nitrogen and oxygen atoms in total. The summed E-state index contributed by atoms with van der Waals surface area (Å²) in [6.07, 6.45) is 5.94. The van der Waals surface area contributed by atoms with E-state index in [9.17, 15) is 14.9 Å². The SMILES string of the molecule is O=C(OC1CCCCC1)c1ccc2c(c1)C1C(Cl)C(Sc3ccccc3[N+](=O)[O-])CC1C(c1ccc(Cl)cc1)N2. The molecule has 0 aromatic heterocycles. The third kappa shape index (κ3) is 5.44. The summed E-state index contributed by atoms with van der Waals surface area (Å²) in [6, 6.07) is 20.4. The number of para-hydroxylation sites is 1. The highest BCUT2D eigenvalue weighted by Crippen LogP contribution is 2.58. The highest BCUT2D eigenvalue weighted by atomic mass is 35.5. The maximum absolute atomic E-state index is 13.1. The van der Waals surface area contributed by atoms with Gasteiger partial charge in [0.1, 0.15) is 6.10 Å². The Balaban J connectivity index is 1.34. The number of nitrogens with zero attached hydrogens (tertiary/aromatic N) is 1. The van der Waals surface area contributed by atoms with Crippen molar-refractivity contribution in [2.45, 2.75) is 72.1 Å². The Bertz CT molecular complexity index is 1410. The van der Waals surface area contributed by atoms with Gasteiger partial charge < -0.3 is 10.1 Å². The molecule has 2 saturated carbocycles. The summed E-state index contributed by atoms with van der Waals surface area (Å²) in [5, 5.41) is 15.7. The van der Waals surface area contributed by atoms with Gasteiger partial charge in [0.15, 0.2) is 0 Å². The maximum atomic E-state index is 13.1. The highest BCUT2D eigenvalue weighted by Gasteiger charge is 2.50. The number of benzene rings is 3. The number of fused-ring (bicyclic) bond motifs is 3. The van der Waals surface area contributed by atoms with Crippen LogP contribution in [0.25, 0.3) is 0 Å². The summed E-state index contributed by atoms with van der Waals surface area (Å²) >= 11 is 14.9. The van der Waals surface area contributed by atoms with Crippen molar-refractivity contribution in [1.82, 2.24) is 0 Å². The Morgan fingerprint density at radius 3 is 2.52 bits per heavy atom. The summed E-state index contributed by atoms with van der Waals surface area (Å²) in [6.45, 7) is 0. The molecule has 2 aliphatic carbocycles. The number of anilines is 1. The van der Waals surface area contributed by atoms with Crippen molar-refractivity contribution in [3.05, 3.63) is 98.6 Å². The van der Waals surface area contributed by atoms with Gasteiger partial charge in [-0.1, -0.05) is 42.3 Å². The zero-order valence-corrected chi connectivity index (χ0v) is 24.1. The number of hydrogen-bond acceptors (Lipinski definition) is 6. The standard InChI is InChI=1S/C31H30Cl2N2O4S/c32-20-13-10-18(11-14-20)30-23-17-27(40-26-9-5-4-8-25(26)35(37)38)29(33)28(23)22-16-19(12-15-24(22)34-30)31(36)39-21-6-2-1-3-7-21/h4-5,8-16,21,23,27-30,34H,1-3,6-7,17H2. The smallest absolute Gasteiger partial charge is 0.338 e. The molecule has 1 aliphatic heterocycles. The van der Waals surface area contributed by atoms with Gasteiger partial charge in [0, 0.05) is 27.9 Å². The van der Waals surface area contributed by atoms with E-state index in [1.54, 1.807) is 12.1 Å². The first kappa shape index (κ1) is 27.4. The van der Waals surface area contributed by atoms with Crippen molar-refractivity contribution in [3.8, 4) is 0 Å². The largest absolute Gasteiger partial charge is 0.459 e. The lowest BCUT2D eigenvalue weighted by atomic mass is 9.77. The number of rotatable bonds is 6. The number of nitro groups is 1. The number of halogens is 2. The van der Waals surface area contributed by atoms with E-state index < -0.39 is 0 Å². The molecule has 9 heteroatoms. The summed E-state index contributed by atoms with van der Waals surface area (Å²) in [4.78, 5) is 25.1. The minimum absolute atomic E-state index is 0.0209. The fourth-order valence-corrected chi connectivity index (χ4v) is 8.59. The fourth-order valence-electron chi connectivity index (χ4n) is 6.52. The molecule has 3 aromatic rings. The van der Waals surface area contributed by atoms with Crippen LogP contribution in [0.1, 0.15) is 72.0 Å². The van der Waals surface area contributed by atoms with Crippen LogP contribution in [-0.2, 0) is 4.74 Å². The average molecular weight is 598 g/mol. The van der Waals surface area contributed by atoms with Gasteiger partial charge in [0.05, 0.1) is 26.8 Å². The van der Waals surface area contributed by atoms with Crippen LogP contribution in [0.3, 0.4) is 0 Å². The molecule has 2 fully saturated rings. The molecule has 0 spiro atoms. The lowest BCUT2D eigenvalue weighted by Gasteiger charge is -2.38. The van der Waals surface area contributed by atoms with Crippen LogP contribution >= 0.6 is 35.0 Å². The molecular formula is C31H30Cl2N2O4S. The molecule has 208 valence electrons. The van der Waals surface area contributed by atoms with Crippen molar-refractivity contribution in [2.75, 3.05) is 5.32 Å². The molecule has 6 rings (SSSR count). The number of carbonyl (C=O) groups excluding carboxylic acids is 1. The van der Waals surface area contributed by atoms with Crippen LogP contribution in [0, 0.1) is 16.0 Å². The number of thioether (sulfide) groups is 1. The van der Waals surface area contributed by atoms with Gasteiger partial charge in [-0.25, -0.2) is 4.79 Å². The molecule has 5 atom stereocenters. The second kappa shape index (κ2) is 11.6. The molecule has 3 aromatic carbocycles. The van der Waals surface area contributed by atoms with Gasteiger partial charge in [-0.15, -0.1) is 23.4 Å². The van der Waals surface area contributed by atoms with Crippen LogP contribution < -0.4 is 5.32 Å².